The molecule has 0 saturated carbocycles. The molecule has 0 spiro atoms. The molecule has 1 aliphatic heterocycles. The summed E-state index contributed by atoms with van der Waals surface area (Å²) < 4.78 is 29.5. The van der Waals surface area contributed by atoms with E-state index in [9.17, 15) is 23.6 Å². The highest BCUT2D eigenvalue weighted by Crippen LogP contribution is 2.44. The third-order valence-corrected chi connectivity index (χ3v) is 9.49. The minimum Gasteiger partial charge on any atom is -0.478 e. The van der Waals surface area contributed by atoms with Gasteiger partial charge in [0.2, 0.25) is 10.0 Å². The number of nitrogens with zero attached hydrogens (tertiary/aromatic N) is 3. The van der Waals surface area contributed by atoms with Crippen LogP contribution in [-0.2, 0) is 10.0 Å². The molecule has 0 aromatic heterocycles. The lowest BCUT2D eigenvalue weighted by Crippen LogP contribution is -2.40. The molecular formula is C28H29N3O4S2. The predicted molar refractivity (Wildman–Crippen MR) is 147 cm³/mol. The van der Waals surface area contributed by atoms with Crippen LogP contribution in [0.3, 0.4) is 0 Å². The van der Waals surface area contributed by atoms with Crippen molar-refractivity contribution in [3.05, 3.63) is 71.8 Å². The van der Waals surface area contributed by atoms with Crippen LogP contribution in [0.2, 0.25) is 0 Å². The van der Waals surface area contributed by atoms with Crippen LogP contribution < -0.4 is 4.90 Å². The van der Waals surface area contributed by atoms with Gasteiger partial charge in [-0.15, -0.1) is 11.8 Å². The summed E-state index contributed by atoms with van der Waals surface area (Å²) in [6, 6.07) is 19.6. The summed E-state index contributed by atoms with van der Waals surface area (Å²) in [6.07, 6.45) is 4.52. The summed E-state index contributed by atoms with van der Waals surface area (Å²) in [4.78, 5) is 14.9. The van der Waals surface area contributed by atoms with E-state index < -0.39 is 16.0 Å². The molecule has 1 aliphatic rings. The van der Waals surface area contributed by atoms with E-state index in [1.807, 2.05) is 48.7 Å². The first-order valence-electron chi connectivity index (χ1n) is 12.0. The van der Waals surface area contributed by atoms with Crippen LogP contribution in [0.4, 0.5) is 11.4 Å². The van der Waals surface area contributed by atoms with E-state index in [0.29, 0.717) is 23.4 Å². The summed E-state index contributed by atoms with van der Waals surface area (Å²) >= 11 is 1.46. The van der Waals surface area contributed by atoms with E-state index in [1.54, 1.807) is 19.2 Å². The third kappa shape index (κ3) is 5.10. The van der Waals surface area contributed by atoms with Gasteiger partial charge < -0.3 is 10.0 Å². The van der Waals surface area contributed by atoms with Gasteiger partial charge in [-0.2, -0.15) is 9.57 Å². The van der Waals surface area contributed by atoms with E-state index >= 15 is 0 Å². The zero-order chi connectivity index (χ0) is 26.7. The van der Waals surface area contributed by atoms with Crippen molar-refractivity contribution in [1.82, 2.24) is 4.31 Å². The topological polar surface area (TPSA) is 102 Å². The number of hydrogen-bond acceptors (Lipinski definition) is 6. The molecule has 3 aromatic carbocycles. The summed E-state index contributed by atoms with van der Waals surface area (Å²) in [5.74, 6) is -1.21. The molecule has 4 rings (SSSR count). The number of carboxylic acids is 1. The molecule has 0 fully saturated rings. The highest BCUT2D eigenvalue weighted by Gasteiger charge is 2.37. The number of likely N-dealkylation sites (N-methyl/N-ethyl adjacent to an activating group) is 1. The normalized spacial score (nSPS) is 17.0. The van der Waals surface area contributed by atoms with Crippen molar-refractivity contribution in [2.75, 3.05) is 24.7 Å². The van der Waals surface area contributed by atoms with E-state index in [-0.39, 0.29) is 22.1 Å². The zero-order valence-corrected chi connectivity index (χ0v) is 22.6. The molecule has 192 valence electrons. The van der Waals surface area contributed by atoms with Gasteiger partial charge in [0.15, 0.2) is 0 Å². The van der Waals surface area contributed by atoms with Crippen molar-refractivity contribution in [3.8, 4) is 17.2 Å². The number of carboxylic acid groups (broad SMARTS) is 1. The first kappa shape index (κ1) is 26.7. The Hall–Kier alpha value is -3.32. The van der Waals surface area contributed by atoms with Crippen LogP contribution >= 0.6 is 11.8 Å². The Balaban J connectivity index is 1.99. The van der Waals surface area contributed by atoms with Crippen molar-refractivity contribution >= 4 is 39.1 Å². The van der Waals surface area contributed by atoms with Gasteiger partial charge in [-0.05, 0) is 60.2 Å². The number of carbonyl (C=O) groups is 1. The lowest BCUT2D eigenvalue weighted by molar-refractivity contribution is 0.0696. The minimum atomic E-state index is -3.86. The second-order valence-corrected chi connectivity index (χ2v) is 11.8. The fourth-order valence-corrected chi connectivity index (χ4v) is 6.89. The first-order chi connectivity index (χ1) is 17.7. The van der Waals surface area contributed by atoms with Crippen molar-refractivity contribution < 1.29 is 18.3 Å². The fourth-order valence-electron chi connectivity index (χ4n) is 4.69. The highest BCUT2D eigenvalue weighted by atomic mass is 32.2. The second kappa shape index (κ2) is 11.0. The molecule has 37 heavy (non-hydrogen) atoms. The Bertz CT molecular complexity index is 1470. The number of aromatic carboxylic acids is 1. The number of thioether (sulfide) groups is 1. The lowest BCUT2D eigenvalue weighted by Gasteiger charge is -2.29. The molecule has 3 aromatic rings. The van der Waals surface area contributed by atoms with Gasteiger partial charge in [0, 0.05) is 30.2 Å². The molecule has 9 heteroatoms. The van der Waals surface area contributed by atoms with Crippen molar-refractivity contribution in [2.24, 2.45) is 0 Å². The number of rotatable bonds is 7. The maximum Gasteiger partial charge on any atom is 0.337 e. The molecule has 0 amide bonds. The van der Waals surface area contributed by atoms with Gasteiger partial charge in [-0.1, -0.05) is 44.0 Å². The summed E-state index contributed by atoms with van der Waals surface area (Å²) in [5, 5.41) is 19.0. The van der Waals surface area contributed by atoms with Gasteiger partial charge in [0.25, 0.3) is 0 Å². The van der Waals surface area contributed by atoms with Gasteiger partial charge in [0.1, 0.15) is 11.0 Å². The number of nitriles is 1. The van der Waals surface area contributed by atoms with Gasteiger partial charge in [-0.3, -0.25) is 0 Å². The number of unbranched alkanes of at least 4 members (excludes halogenated alkanes) is 1. The summed E-state index contributed by atoms with van der Waals surface area (Å²) in [7, 11) is -2.22. The molecule has 0 aliphatic carbocycles. The molecule has 1 heterocycles. The Morgan fingerprint density at radius 2 is 1.89 bits per heavy atom. The largest absolute Gasteiger partial charge is 0.478 e. The number of hydrogen-bond donors (Lipinski definition) is 1. The number of anilines is 2. The Kier molecular flexibility index (Phi) is 7.93. The molecule has 1 unspecified atom stereocenters. The second-order valence-electron chi connectivity index (χ2n) is 8.96. The third-order valence-electron chi connectivity index (χ3n) is 6.78. The van der Waals surface area contributed by atoms with Crippen LogP contribution in [0.25, 0.3) is 11.1 Å². The van der Waals surface area contributed by atoms with Gasteiger partial charge in [0.05, 0.1) is 16.8 Å². The monoisotopic (exact) mass is 535 g/mol. The van der Waals surface area contributed by atoms with Crippen molar-refractivity contribution in [2.45, 2.75) is 42.0 Å². The molecule has 1 N–H and O–H groups in total. The Morgan fingerprint density at radius 3 is 2.51 bits per heavy atom. The highest BCUT2D eigenvalue weighted by molar-refractivity contribution is 7.98. The van der Waals surface area contributed by atoms with Crippen LogP contribution in [0, 0.1) is 11.3 Å². The van der Waals surface area contributed by atoms with Gasteiger partial charge >= 0.3 is 5.97 Å². The van der Waals surface area contributed by atoms with Crippen LogP contribution in [0.15, 0.2) is 70.5 Å². The lowest BCUT2D eigenvalue weighted by atomic mass is 9.99. The molecule has 0 bridgehead atoms. The van der Waals surface area contributed by atoms with Crippen LogP contribution in [0.1, 0.15) is 42.1 Å². The maximum absolute atomic E-state index is 14.0. The average Bonchev–Trinajstić information content (AvgIpc) is 2.99. The number of benzene rings is 3. The number of para-hydroxylation sites is 1. The standard InChI is InChI=1S/C28H29N3O4S2/c1-4-5-9-22-18-31(21-10-7-6-8-11-21)25-16-26(36-3)23(15-27(25)37(34,35)30(22)2)19-12-13-20(17-29)24(14-19)28(32)33/h6-8,10-16,22H,4-5,9,18H2,1-3H3,(H,32,33). The average molecular weight is 536 g/mol. The number of sulfonamides is 1. The van der Waals surface area contributed by atoms with Crippen LogP contribution in [0.5, 0.6) is 0 Å². The Labute approximate surface area is 222 Å². The van der Waals surface area contributed by atoms with E-state index in [1.165, 1.54) is 28.2 Å². The fraction of sp³-hybridized carbons (Fsp3) is 0.286. The summed E-state index contributed by atoms with van der Waals surface area (Å²) in [6.45, 7) is 2.61. The quantitative estimate of drug-likeness (QED) is 0.372. The smallest absolute Gasteiger partial charge is 0.337 e. The van der Waals surface area contributed by atoms with Crippen molar-refractivity contribution in [3.63, 3.8) is 0 Å². The maximum atomic E-state index is 14.0. The summed E-state index contributed by atoms with van der Waals surface area (Å²) in [5.41, 5.74) is 2.58. The van der Waals surface area contributed by atoms with Gasteiger partial charge in [-0.25, -0.2) is 13.2 Å². The van der Waals surface area contributed by atoms with E-state index in [2.05, 4.69) is 11.8 Å². The van der Waals surface area contributed by atoms with Crippen LogP contribution in [-0.4, -0.2) is 49.7 Å². The molecule has 7 nitrogen and oxygen atoms in total. The van der Waals surface area contributed by atoms with E-state index in [0.717, 1.165) is 29.8 Å². The number of fused-ring (bicyclic) bond motifs is 1. The Morgan fingerprint density at radius 1 is 1.16 bits per heavy atom. The zero-order valence-electron chi connectivity index (χ0n) is 21.0. The van der Waals surface area contributed by atoms with Crippen molar-refractivity contribution in [1.29, 1.82) is 5.26 Å². The molecule has 0 radical (unpaired) electrons. The molecule has 1 atom stereocenters. The first-order valence-corrected chi connectivity index (χ1v) is 14.7. The minimum absolute atomic E-state index is 0.0538. The molecular weight excluding hydrogens is 506 g/mol. The molecule has 0 saturated heterocycles. The van der Waals surface area contributed by atoms with E-state index in [4.69, 9.17) is 0 Å². The predicted octanol–water partition coefficient (Wildman–Crippen LogP) is 5.98. The SMILES string of the molecule is CCCCC1CN(c2ccccc2)c2cc(SC)c(-c3ccc(C#N)c(C(=O)O)c3)cc2S(=O)(=O)N1C.